The van der Waals surface area contributed by atoms with Gasteiger partial charge in [0, 0.05) is 18.7 Å². The molecule has 2 heterocycles. The molecule has 3 heteroatoms. The van der Waals surface area contributed by atoms with E-state index in [1.807, 2.05) is 31.2 Å². The first-order valence-corrected chi connectivity index (χ1v) is 8.81. The zero-order valence-corrected chi connectivity index (χ0v) is 13.8. The van der Waals surface area contributed by atoms with Crippen LogP contribution >= 0.6 is 0 Å². The summed E-state index contributed by atoms with van der Waals surface area (Å²) in [6.45, 7) is 7.73. The first-order chi connectivity index (χ1) is 10.7. The topological polar surface area (TPSA) is 23.6 Å². The van der Waals surface area contributed by atoms with Gasteiger partial charge in [0.05, 0.1) is 0 Å². The zero-order valence-electron chi connectivity index (χ0n) is 13.8. The molecule has 2 aliphatic heterocycles. The third-order valence-corrected chi connectivity index (χ3v) is 5.33. The van der Waals surface area contributed by atoms with Crippen molar-refractivity contribution in [1.82, 2.24) is 9.80 Å². The van der Waals surface area contributed by atoms with E-state index in [0.717, 1.165) is 30.1 Å². The number of nitrogens with zero attached hydrogens (tertiary/aromatic N) is 2. The number of aryl methyl sites for hydroxylation is 1. The quantitative estimate of drug-likeness (QED) is 0.851. The Kier molecular flexibility index (Phi) is 5.14. The van der Waals surface area contributed by atoms with Crippen molar-refractivity contribution in [2.75, 3.05) is 32.7 Å². The third-order valence-electron chi connectivity index (χ3n) is 5.33. The maximum Gasteiger partial charge on any atom is 0.254 e. The summed E-state index contributed by atoms with van der Waals surface area (Å²) in [5.41, 5.74) is 1.96. The van der Waals surface area contributed by atoms with Crippen LogP contribution in [0.25, 0.3) is 0 Å². The van der Waals surface area contributed by atoms with Crippen LogP contribution < -0.4 is 0 Å². The van der Waals surface area contributed by atoms with Crippen molar-refractivity contribution in [3.05, 3.63) is 35.4 Å². The minimum absolute atomic E-state index is 0.219. The molecule has 0 spiro atoms. The molecular formula is C19H28N2O. The van der Waals surface area contributed by atoms with Gasteiger partial charge in [0.25, 0.3) is 5.91 Å². The van der Waals surface area contributed by atoms with E-state index in [0.29, 0.717) is 0 Å². The lowest BCUT2D eigenvalue weighted by Gasteiger charge is -2.33. The second kappa shape index (κ2) is 7.28. The van der Waals surface area contributed by atoms with Crippen molar-refractivity contribution in [2.24, 2.45) is 5.92 Å². The summed E-state index contributed by atoms with van der Waals surface area (Å²) in [5, 5.41) is 0. The summed E-state index contributed by atoms with van der Waals surface area (Å²) >= 11 is 0. The standard InChI is InChI=1S/C19H28N2O/c1-16-6-2-3-7-18(16)19(22)21-14-9-17(10-15-21)8-13-20-11-4-5-12-20/h2-3,6-7,17H,4-5,8-15H2,1H3. The third kappa shape index (κ3) is 3.70. The van der Waals surface area contributed by atoms with Crippen molar-refractivity contribution < 1.29 is 4.79 Å². The largest absolute Gasteiger partial charge is 0.339 e. The van der Waals surface area contributed by atoms with Gasteiger partial charge in [-0.15, -0.1) is 0 Å². The van der Waals surface area contributed by atoms with Crippen molar-refractivity contribution >= 4 is 5.91 Å². The molecule has 3 nitrogen and oxygen atoms in total. The second-order valence-electron chi connectivity index (χ2n) is 6.89. The van der Waals surface area contributed by atoms with Gasteiger partial charge in [-0.2, -0.15) is 0 Å². The molecule has 0 saturated carbocycles. The molecule has 0 radical (unpaired) electrons. The highest BCUT2D eigenvalue weighted by atomic mass is 16.2. The number of piperidine rings is 1. The molecule has 2 fully saturated rings. The Morgan fingerprint density at radius 3 is 2.45 bits per heavy atom. The van der Waals surface area contributed by atoms with Gasteiger partial charge >= 0.3 is 0 Å². The Morgan fingerprint density at radius 1 is 1.09 bits per heavy atom. The molecule has 0 atom stereocenters. The molecule has 2 saturated heterocycles. The Bertz CT molecular complexity index is 500. The highest BCUT2D eigenvalue weighted by Gasteiger charge is 2.24. The molecule has 1 aromatic rings. The van der Waals surface area contributed by atoms with Gasteiger partial charge in [0.1, 0.15) is 0 Å². The number of carbonyl (C=O) groups is 1. The van der Waals surface area contributed by atoms with Crippen LogP contribution in [-0.4, -0.2) is 48.4 Å². The van der Waals surface area contributed by atoms with Gasteiger partial charge in [-0.3, -0.25) is 4.79 Å². The van der Waals surface area contributed by atoms with Crippen LogP contribution in [0.2, 0.25) is 0 Å². The Labute approximate surface area is 134 Å². The molecule has 0 unspecified atom stereocenters. The minimum Gasteiger partial charge on any atom is -0.339 e. The van der Waals surface area contributed by atoms with Crippen molar-refractivity contribution in [3.8, 4) is 0 Å². The van der Waals surface area contributed by atoms with E-state index in [2.05, 4.69) is 9.80 Å². The molecule has 0 aliphatic carbocycles. The number of carbonyl (C=O) groups excluding carboxylic acids is 1. The molecule has 2 aliphatic rings. The number of hydrogen-bond donors (Lipinski definition) is 0. The van der Waals surface area contributed by atoms with Crippen molar-refractivity contribution in [3.63, 3.8) is 0 Å². The van der Waals surface area contributed by atoms with E-state index in [9.17, 15) is 4.79 Å². The Balaban J connectivity index is 1.47. The van der Waals surface area contributed by atoms with E-state index in [4.69, 9.17) is 0 Å². The van der Waals surface area contributed by atoms with E-state index < -0.39 is 0 Å². The number of benzene rings is 1. The molecule has 0 bridgehead atoms. The molecule has 120 valence electrons. The van der Waals surface area contributed by atoms with Gasteiger partial charge in [-0.1, -0.05) is 18.2 Å². The van der Waals surface area contributed by atoms with E-state index in [1.165, 1.54) is 51.7 Å². The average Bonchev–Trinajstić information content (AvgIpc) is 3.07. The van der Waals surface area contributed by atoms with Crippen LogP contribution in [0, 0.1) is 12.8 Å². The molecule has 0 N–H and O–H groups in total. The van der Waals surface area contributed by atoms with Crippen molar-refractivity contribution in [1.29, 1.82) is 0 Å². The van der Waals surface area contributed by atoms with Crippen LogP contribution in [0.5, 0.6) is 0 Å². The second-order valence-corrected chi connectivity index (χ2v) is 6.89. The fourth-order valence-electron chi connectivity index (χ4n) is 3.78. The molecule has 1 amide bonds. The summed E-state index contributed by atoms with van der Waals surface area (Å²) in [6.07, 6.45) is 6.41. The maximum absolute atomic E-state index is 12.6. The smallest absolute Gasteiger partial charge is 0.254 e. The summed E-state index contributed by atoms with van der Waals surface area (Å²) in [7, 11) is 0. The molecular weight excluding hydrogens is 272 g/mol. The van der Waals surface area contributed by atoms with Gasteiger partial charge in [-0.25, -0.2) is 0 Å². The predicted octanol–water partition coefficient (Wildman–Crippen LogP) is 3.33. The van der Waals surface area contributed by atoms with Crippen LogP contribution in [0.4, 0.5) is 0 Å². The summed E-state index contributed by atoms with van der Waals surface area (Å²) in [6, 6.07) is 7.94. The van der Waals surface area contributed by atoms with Crippen LogP contribution in [-0.2, 0) is 0 Å². The molecule has 22 heavy (non-hydrogen) atoms. The van der Waals surface area contributed by atoms with Crippen molar-refractivity contribution in [2.45, 2.75) is 39.0 Å². The van der Waals surface area contributed by atoms with Gasteiger partial charge in [-0.05, 0) is 76.2 Å². The van der Waals surface area contributed by atoms with Crippen LogP contribution in [0.1, 0.15) is 48.0 Å². The van der Waals surface area contributed by atoms with E-state index in [1.54, 1.807) is 0 Å². The van der Waals surface area contributed by atoms with Crippen LogP contribution in [0.3, 0.4) is 0 Å². The van der Waals surface area contributed by atoms with Gasteiger partial charge < -0.3 is 9.80 Å². The molecule has 3 rings (SSSR count). The van der Waals surface area contributed by atoms with Crippen LogP contribution in [0.15, 0.2) is 24.3 Å². The monoisotopic (exact) mass is 300 g/mol. The van der Waals surface area contributed by atoms with Gasteiger partial charge in [0.2, 0.25) is 0 Å². The van der Waals surface area contributed by atoms with E-state index in [-0.39, 0.29) is 5.91 Å². The summed E-state index contributed by atoms with van der Waals surface area (Å²) < 4.78 is 0. The highest BCUT2D eigenvalue weighted by Crippen LogP contribution is 2.23. The predicted molar refractivity (Wildman–Crippen MR) is 90.1 cm³/mol. The first-order valence-electron chi connectivity index (χ1n) is 8.81. The summed E-state index contributed by atoms with van der Waals surface area (Å²) in [4.78, 5) is 17.3. The molecule has 1 aromatic carbocycles. The fraction of sp³-hybridized carbons (Fsp3) is 0.632. The lowest BCUT2D eigenvalue weighted by atomic mass is 9.92. The number of likely N-dealkylation sites (tertiary alicyclic amines) is 2. The lowest BCUT2D eigenvalue weighted by Crippen LogP contribution is -2.39. The zero-order chi connectivity index (χ0) is 15.4. The Hall–Kier alpha value is -1.35. The SMILES string of the molecule is Cc1ccccc1C(=O)N1CCC(CCN2CCCC2)CC1. The van der Waals surface area contributed by atoms with Gasteiger partial charge in [0.15, 0.2) is 0 Å². The first kappa shape index (κ1) is 15.5. The lowest BCUT2D eigenvalue weighted by molar-refractivity contribution is 0.0681. The average molecular weight is 300 g/mol. The molecule has 0 aromatic heterocycles. The summed E-state index contributed by atoms with van der Waals surface area (Å²) in [5.74, 6) is 1.03. The normalized spacial score (nSPS) is 20.5. The highest BCUT2D eigenvalue weighted by molar-refractivity contribution is 5.95. The number of rotatable bonds is 4. The number of amides is 1. The van der Waals surface area contributed by atoms with E-state index >= 15 is 0 Å². The minimum atomic E-state index is 0.219. The Morgan fingerprint density at radius 2 is 1.77 bits per heavy atom. The fourth-order valence-corrected chi connectivity index (χ4v) is 3.78. The number of hydrogen-bond acceptors (Lipinski definition) is 2. The maximum atomic E-state index is 12.6.